The van der Waals surface area contributed by atoms with E-state index in [9.17, 15) is 18.0 Å². The number of ether oxygens (including phenoxy) is 1. The lowest BCUT2D eigenvalue weighted by Gasteiger charge is -2.22. The minimum atomic E-state index is -3.11. The van der Waals surface area contributed by atoms with Crippen LogP contribution in [0, 0.1) is 0 Å². The molecule has 0 atom stereocenters. The van der Waals surface area contributed by atoms with Crippen molar-refractivity contribution in [3.8, 4) is 0 Å². The quantitative estimate of drug-likeness (QED) is 0.633. The number of esters is 1. The number of carbonyl (C=O) groups is 2. The molecule has 1 aromatic rings. The molecule has 0 N–H and O–H groups in total. The molecule has 0 aliphatic carbocycles. The van der Waals surface area contributed by atoms with E-state index in [0.717, 1.165) is 6.42 Å². The van der Waals surface area contributed by atoms with Gasteiger partial charge in [0, 0.05) is 24.9 Å². The van der Waals surface area contributed by atoms with Gasteiger partial charge in [-0.05, 0) is 31.0 Å². The van der Waals surface area contributed by atoms with E-state index in [4.69, 9.17) is 4.74 Å². The summed E-state index contributed by atoms with van der Waals surface area (Å²) in [5.74, 6) is -0.551. The van der Waals surface area contributed by atoms with Gasteiger partial charge in [0.15, 0.2) is 9.84 Å². The first kappa shape index (κ1) is 20.2. The Balaban J connectivity index is 2.77. The Labute approximate surface area is 143 Å². The second kappa shape index (κ2) is 9.42. The number of benzene rings is 1. The lowest BCUT2D eigenvalue weighted by molar-refractivity contribution is -0.143. The number of nitrogens with zero attached hydrogens (tertiary/aromatic N) is 1. The number of hydrogen-bond acceptors (Lipinski definition) is 5. The van der Waals surface area contributed by atoms with Crippen LogP contribution in [0.5, 0.6) is 0 Å². The molecule has 1 aromatic carbocycles. The van der Waals surface area contributed by atoms with Crippen molar-refractivity contribution >= 4 is 21.7 Å². The molecule has 7 heteroatoms. The monoisotopic (exact) mass is 355 g/mol. The maximum atomic E-state index is 12.6. The SMILES string of the molecule is CCCN(CCC(=O)OCC)C(=O)c1ccc(CS(C)(=O)=O)cc1. The Bertz CT molecular complexity index is 652. The molecule has 0 saturated carbocycles. The van der Waals surface area contributed by atoms with Crippen LogP contribution in [0.25, 0.3) is 0 Å². The summed E-state index contributed by atoms with van der Waals surface area (Å²) in [7, 11) is -3.11. The number of rotatable bonds is 9. The molecule has 0 saturated heterocycles. The van der Waals surface area contributed by atoms with Gasteiger partial charge in [0.1, 0.15) is 0 Å². The summed E-state index contributed by atoms with van der Waals surface area (Å²) in [5, 5.41) is 0. The summed E-state index contributed by atoms with van der Waals surface area (Å²) in [5.41, 5.74) is 1.12. The maximum absolute atomic E-state index is 12.6. The van der Waals surface area contributed by atoms with Gasteiger partial charge in [-0.25, -0.2) is 8.42 Å². The molecular weight excluding hydrogens is 330 g/mol. The van der Waals surface area contributed by atoms with Crippen LogP contribution >= 0.6 is 0 Å². The van der Waals surface area contributed by atoms with Crippen LogP contribution in [-0.2, 0) is 25.1 Å². The molecule has 0 bridgehead atoms. The standard InChI is InChI=1S/C17H25NO5S/c1-4-11-18(12-10-16(19)23-5-2)17(20)15-8-6-14(7-9-15)13-24(3,21)22/h6-9H,4-5,10-13H2,1-3H3. The van der Waals surface area contributed by atoms with E-state index in [1.807, 2.05) is 6.92 Å². The summed E-state index contributed by atoms with van der Waals surface area (Å²) in [4.78, 5) is 25.6. The predicted molar refractivity (Wildman–Crippen MR) is 92.4 cm³/mol. The van der Waals surface area contributed by atoms with Gasteiger partial charge in [-0.1, -0.05) is 19.1 Å². The Morgan fingerprint density at radius 3 is 2.21 bits per heavy atom. The van der Waals surface area contributed by atoms with Crippen molar-refractivity contribution in [2.75, 3.05) is 26.0 Å². The molecule has 0 radical (unpaired) electrons. The highest BCUT2D eigenvalue weighted by Crippen LogP contribution is 2.11. The lowest BCUT2D eigenvalue weighted by atomic mass is 10.1. The molecule has 0 aromatic heterocycles. The molecule has 1 rings (SSSR count). The van der Waals surface area contributed by atoms with Crippen LogP contribution in [0.3, 0.4) is 0 Å². The van der Waals surface area contributed by atoms with Gasteiger partial charge in [0.25, 0.3) is 5.91 Å². The molecule has 0 aliphatic rings. The number of carbonyl (C=O) groups excluding carboxylic acids is 2. The van der Waals surface area contributed by atoms with Crippen molar-refractivity contribution in [3.63, 3.8) is 0 Å². The Morgan fingerprint density at radius 1 is 1.08 bits per heavy atom. The molecule has 134 valence electrons. The Morgan fingerprint density at radius 2 is 1.71 bits per heavy atom. The van der Waals surface area contributed by atoms with Gasteiger partial charge in [0.05, 0.1) is 18.8 Å². The second-order valence-electron chi connectivity index (χ2n) is 5.61. The minimum Gasteiger partial charge on any atom is -0.466 e. The van der Waals surface area contributed by atoms with Gasteiger partial charge in [0.2, 0.25) is 0 Å². The van der Waals surface area contributed by atoms with Gasteiger partial charge >= 0.3 is 5.97 Å². The van der Waals surface area contributed by atoms with E-state index < -0.39 is 9.84 Å². The Kier molecular flexibility index (Phi) is 7.91. The molecular formula is C17H25NO5S. The third-order valence-corrected chi connectivity index (χ3v) is 4.16. The molecule has 24 heavy (non-hydrogen) atoms. The van der Waals surface area contributed by atoms with Gasteiger partial charge in [-0.3, -0.25) is 9.59 Å². The smallest absolute Gasteiger partial charge is 0.307 e. The van der Waals surface area contributed by atoms with E-state index in [-0.39, 0.29) is 24.1 Å². The summed E-state index contributed by atoms with van der Waals surface area (Å²) >= 11 is 0. The van der Waals surface area contributed by atoms with Crippen molar-refractivity contribution < 1.29 is 22.7 Å². The average Bonchev–Trinajstić information content (AvgIpc) is 2.50. The largest absolute Gasteiger partial charge is 0.466 e. The third kappa shape index (κ3) is 7.12. The molecule has 1 amide bonds. The number of hydrogen-bond donors (Lipinski definition) is 0. The highest BCUT2D eigenvalue weighted by Gasteiger charge is 2.17. The van der Waals surface area contributed by atoms with Crippen LogP contribution < -0.4 is 0 Å². The van der Waals surface area contributed by atoms with Gasteiger partial charge in [-0.15, -0.1) is 0 Å². The first-order valence-electron chi connectivity index (χ1n) is 7.98. The lowest BCUT2D eigenvalue weighted by Crippen LogP contribution is -2.34. The summed E-state index contributed by atoms with van der Waals surface area (Å²) < 4.78 is 27.5. The fraction of sp³-hybridized carbons (Fsp3) is 0.529. The van der Waals surface area contributed by atoms with Crippen LogP contribution in [0.4, 0.5) is 0 Å². The number of sulfone groups is 1. The topological polar surface area (TPSA) is 80.8 Å². The van der Waals surface area contributed by atoms with Crippen LogP contribution in [0.1, 0.15) is 42.6 Å². The zero-order valence-electron chi connectivity index (χ0n) is 14.4. The third-order valence-electron chi connectivity index (χ3n) is 3.30. The highest BCUT2D eigenvalue weighted by atomic mass is 32.2. The van der Waals surface area contributed by atoms with E-state index >= 15 is 0 Å². The van der Waals surface area contributed by atoms with Gasteiger partial charge in [-0.2, -0.15) is 0 Å². The highest BCUT2D eigenvalue weighted by molar-refractivity contribution is 7.89. The summed E-state index contributed by atoms with van der Waals surface area (Å²) in [6.45, 7) is 4.87. The molecule has 0 heterocycles. The maximum Gasteiger partial charge on any atom is 0.307 e. The summed E-state index contributed by atoms with van der Waals surface area (Å²) in [6, 6.07) is 6.53. The Hall–Kier alpha value is -1.89. The zero-order valence-corrected chi connectivity index (χ0v) is 15.3. The molecule has 0 spiro atoms. The first-order valence-corrected chi connectivity index (χ1v) is 10.0. The van der Waals surface area contributed by atoms with E-state index in [0.29, 0.717) is 30.8 Å². The number of amides is 1. The molecule has 6 nitrogen and oxygen atoms in total. The van der Waals surface area contributed by atoms with Gasteiger partial charge < -0.3 is 9.64 Å². The first-order chi connectivity index (χ1) is 11.3. The normalized spacial score (nSPS) is 11.1. The zero-order chi connectivity index (χ0) is 18.2. The van der Waals surface area contributed by atoms with Crippen molar-refractivity contribution in [2.45, 2.75) is 32.4 Å². The summed E-state index contributed by atoms with van der Waals surface area (Å²) in [6.07, 6.45) is 2.11. The predicted octanol–water partition coefficient (Wildman–Crippen LogP) is 2.04. The average molecular weight is 355 g/mol. The van der Waals surface area contributed by atoms with E-state index in [1.54, 1.807) is 36.1 Å². The van der Waals surface area contributed by atoms with Crippen molar-refractivity contribution in [3.05, 3.63) is 35.4 Å². The van der Waals surface area contributed by atoms with Crippen molar-refractivity contribution in [1.29, 1.82) is 0 Å². The fourth-order valence-electron chi connectivity index (χ4n) is 2.27. The van der Waals surface area contributed by atoms with Crippen molar-refractivity contribution in [1.82, 2.24) is 4.90 Å². The fourth-order valence-corrected chi connectivity index (χ4v) is 3.07. The second-order valence-corrected chi connectivity index (χ2v) is 7.75. The minimum absolute atomic E-state index is 0.0526. The van der Waals surface area contributed by atoms with Crippen LogP contribution in [0.2, 0.25) is 0 Å². The molecule has 0 unspecified atom stereocenters. The molecule has 0 fully saturated rings. The van der Waals surface area contributed by atoms with Crippen LogP contribution in [-0.4, -0.2) is 51.1 Å². The van der Waals surface area contributed by atoms with Crippen molar-refractivity contribution in [2.24, 2.45) is 0 Å². The van der Waals surface area contributed by atoms with E-state index in [2.05, 4.69) is 0 Å². The van der Waals surface area contributed by atoms with E-state index in [1.165, 1.54) is 6.26 Å². The van der Waals surface area contributed by atoms with Crippen LogP contribution in [0.15, 0.2) is 24.3 Å². The molecule has 0 aliphatic heterocycles.